The van der Waals surface area contributed by atoms with Gasteiger partial charge in [-0.25, -0.2) is 0 Å². The molecule has 0 aliphatic heterocycles. The second-order valence-corrected chi connectivity index (χ2v) is 4.54. The number of alkyl halides is 1. The molecule has 0 saturated carbocycles. The van der Waals surface area contributed by atoms with Gasteiger partial charge in [-0.05, 0) is 25.5 Å². The molecule has 0 radical (unpaired) electrons. The predicted octanol–water partition coefficient (Wildman–Crippen LogP) is 3.23. The minimum absolute atomic E-state index is 0.0130. The minimum Gasteiger partial charge on any atom is -0.456 e. The fraction of sp³-hybridized carbons (Fsp3) is 0.583. The van der Waals surface area contributed by atoms with Crippen LogP contribution in [-0.2, 0) is 0 Å². The van der Waals surface area contributed by atoms with E-state index < -0.39 is 0 Å². The first-order valence-electron chi connectivity index (χ1n) is 5.60. The van der Waals surface area contributed by atoms with Gasteiger partial charge in [-0.2, -0.15) is 0 Å². The van der Waals surface area contributed by atoms with Crippen molar-refractivity contribution in [3.05, 3.63) is 23.7 Å². The van der Waals surface area contributed by atoms with Crippen molar-refractivity contribution in [2.24, 2.45) is 0 Å². The van der Waals surface area contributed by atoms with Crippen LogP contribution in [0.3, 0.4) is 0 Å². The Morgan fingerprint density at radius 2 is 2.19 bits per heavy atom. The van der Waals surface area contributed by atoms with Gasteiger partial charge in [0.2, 0.25) is 0 Å². The van der Waals surface area contributed by atoms with Crippen LogP contribution in [0.1, 0.15) is 36.1 Å². The Morgan fingerprint density at radius 3 is 2.69 bits per heavy atom. The highest BCUT2D eigenvalue weighted by molar-refractivity contribution is 9.09. The van der Waals surface area contributed by atoms with Crippen molar-refractivity contribution in [1.82, 2.24) is 4.90 Å². The van der Waals surface area contributed by atoms with E-state index in [4.69, 9.17) is 4.42 Å². The summed E-state index contributed by atoms with van der Waals surface area (Å²) < 4.78 is 5.35. The predicted molar refractivity (Wildman–Crippen MR) is 68.1 cm³/mol. The van der Waals surface area contributed by atoms with Gasteiger partial charge < -0.3 is 9.32 Å². The lowest BCUT2D eigenvalue weighted by Gasteiger charge is -2.20. The molecular weight excluding hydrogens is 270 g/mol. The summed E-state index contributed by atoms with van der Waals surface area (Å²) in [5, 5.41) is 0.794. The monoisotopic (exact) mass is 287 g/mol. The lowest BCUT2D eigenvalue weighted by Crippen LogP contribution is -2.33. The van der Waals surface area contributed by atoms with Gasteiger partial charge in [-0.15, -0.1) is 0 Å². The van der Waals surface area contributed by atoms with Crippen LogP contribution in [0.4, 0.5) is 0 Å². The van der Waals surface area contributed by atoms with Crippen molar-refractivity contribution >= 4 is 21.8 Å². The molecule has 0 bridgehead atoms. The van der Waals surface area contributed by atoms with Crippen LogP contribution in [0.15, 0.2) is 16.5 Å². The Hall–Kier alpha value is -0.770. The lowest BCUT2D eigenvalue weighted by molar-refractivity contribution is 0.0731. The van der Waals surface area contributed by atoms with Crippen molar-refractivity contribution < 1.29 is 9.21 Å². The number of hydrogen-bond donors (Lipinski definition) is 0. The second kappa shape index (κ2) is 6.74. The Balaban J connectivity index is 2.66. The molecular formula is C12H18BrNO2. The third-order valence-electron chi connectivity index (χ3n) is 2.37. The van der Waals surface area contributed by atoms with Crippen LogP contribution < -0.4 is 0 Å². The number of carbonyl (C=O) groups excluding carboxylic acids is 1. The first-order chi connectivity index (χ1) is 7.69. The number of hydrogen-bond acceptors (Lipinski definition) is 2. The summed E-state index contributed by atoms with van der Waals surface area (Å²) >= 11 is 3.36. The largest absolute Gasteiger partial charge is 0.456 e. The highest BCUT2D eigenvalue weighted by Crippen LogP contribution is 2.10. The maximum atomic E-state index is 12.1. The van der Waals surface area contributed by atoms with E-state index in [2.05, 4.69) is 22.9 Å². The van der Waals surface area contributed by atoms with E-state index in [1.165, 1.54) is 0 Å². The zero-order valence-corrected chi connectivity index (χ0v) is 11.4. The van der Waals surface area contributed by atoms with Gasteiger partial charge in [0.1, 0.15) is 5.76 Å². The molecule has 0 aliphatic rings. The third kappa shape index (κ3) is 3.67. The van der Waals surface area contributed by atoms with Crippen LogP contribution >= 0.6 is 15.9 Å². The molecule has 0 saturated heterocycles. The molecule has 16 heavy (non-hydrogen) atoms. The number of halogens is 1. The zero-order chi connectivity index (χ0) is 12.0. The molecule has 1 aromatic heterocycles. The summed E-state index contributed by atoms with van der Waals surface area (Å²) in [4.78, 5) is 13.9. The summed E-state index contributed by atoms with van der Waals surface area (Å²) in [5.74, 6) is 1.20. The Kier molecular flexibility index (Phi) is 5.60. The third-order valence-corrected chi connectivity index (χ3v) is 2.73. The molecule has 0 fully saturated rings. The summed E-state index contributed by atoms with van der Waals surface area (Å²) in [6.07, 6.45) is 2.11. The fourth-order valence-corrected chi connectivity index (χ4v) is 1.90. The highest BCUT2D eigenvalue weighted by Gasteiger charge is 2.17. The maximum absolute atomic E-state index is 12.1. The van der Waals surface area contributed by atoms with Gasteiger partial charge in [0.05, 0.1) is 0 Å². The molecule has 1 amide bonds. The van der Waals surface area contributed by atoms with Gasteiger partial charge in [-0.3, -0.25) is 4.79 Å². The van der Waals surface area contributed by atoms with E-state index in [0.29, 0.717) is 5.76 Å². The second-order valence-electron chi connectivity index (χ2n) is 3.75. The normalized spacial score (nSPS) is 10.4. The number of aryl methyl sites for hydroxylation is 1. The van der Waals surface area contributed by atoms with Gasteiger partial charge in [0.25, 0.3) is 5.91 Å². The molecule has 0 aliphatic carbocycles. The van der Waals surface area contributed by atoms with Gasteiger partial charge in [-0.1, -0.05) is 29.3 Å². The van der Waals surface area contributed by atoms with Crippen molar-refractivity contribution in [2.75, 3.05) is 18.4 Å². The number of unbranched alkanes of at least 4 members (excludes halogenated alkanes) is 1. The van der Waals surface area contributed by atoms with Gasteiger partial charge in [0, 0.05) is 18.4 Å². The fourth-order valence-electron chi connectivity index (χ4n) is 1.47. The molecule has 90 valence electrons. The number of furan rings is 1. The summed E-state index contributed by atoms with van der Waals surface area (Å²) in [6.45, 7) is 5.48. The average molecular weight is 288 g/mol. The first-order valence-corrected chi connectivity index (χ1v) is 6.72. The Labute approximate surface area is 105 Å². The number of amides is 1. The molecule has 0 spiro atoms. The van der Waals surface area contributed by atoms with E-state index in [9.17, 15) is 4.79 Å². The summed E-state index contributed by atoms with van der Waals surface area (Å²) in [5.41, 5.74) is 0. The standard InChI is InChI=1S/C12H18BrNO2/c1-3-4-8-14(9-7-13)12(15)11-6-5-10(2)16-11/h5-6H,3-4,7-9H2,1-2H3. The Morgan fingerprint density at radius 1 is 1.44 bits per heavy atom. The molecule has 0 N–H and O–H groups in total. The first kappa shape index (κ1) is 13.3. The smallest absolute Gasteiger partial charge is 0.289 e. The van der Waals surface area contributed by atoms with Gasteiger partial charge >= 0.3 is 0 Å². The minimum atomic E-state index is -0.0130. The van der Waals surface area contributed by atoms with Crippen molar-refractivity contribution in [1.29, 1.82) is 0 Å². The quantitative estimate of drug-likeness (QED) is 0.753. The molecule has 1 rings (SSSR count). The van der Waals surface area contributed by atoms with E-state index >= 15 is 0 Å². The highest BCUT2D eigenvalue weighted by atomic mass is 79.9. The Bertz CT molecular complexity index is 336. The number of carbonyl (C=O) groups is 1. The zero-order valence-electron chi connectivity index (χ0n) is 9.83. The van der Waals surface area contributed by atoms with Crippen LogP contribution in [0.2, 0.25) is 0 Å². The van der Waals surface area contributed by atoms with E-state index in [0.717, 1.165) is 37.0 Å². The molecule has 1 aromatic rings. The molecule has 1 heterocycles. The molecule has 0 aromatic carbocycles. The number of rotatable bonds is 6. The number of nitrogens with zero attached hydrogens (tertiary/aromatic N) is 1. The van der Waals surface area contributed by atoms with Crippen molar-refractivity contribution in [3.63, 3.8) is 0 Å². The van der Waals surface area contributed by atoms with E-state index in [1.807, 2.05) is 17.9 Å². The topological polar surface area (TPSA) is 33.5 Å². The van der Waals surface area contributed by atoms with Crippen LogP contribution in [0.5, 0.6) is 0 Å². The van der Waals surface area contributed by atoms with E-state index in [1.54, 1.807) is 6.07 Å². The van der Waals surface area contributed by atoms with Crippen molar-refractivity contribution in [3.8, 4) is 0 Å². The summed E-state index contributed by atoms with van der Waals surface area (Å²) in [6, 6.07) is 3.56. The van der Waals surface area contributed by atoms with Crippen LogP contribution in [-0.4, -0.2) is 29.2 Å². The molecule has 3 nitrogen and oxygen atoms in total. The van der Waals surface area contributed by atoms with E-state index in [-0.39, 0.29) is 5.91 Å². The maximum Gasteiger partial charge on any atom is 0.289 e. The lowest BCUT2D eigenvalue weighted by atomic mass is 10.3. The molecule has 4 heteroatoms. The van der Waals surface area contributed by atoms with Crippen LogP contribution in [0.25, 0.3) is 0 Å². The summed E-state index contributed by atoms with van der Waals surface area (Å²) in [7, 11) is 0. The van der Waals surface area contributed by atoms with Crippen LogP contribution in [0, 0.1) is 6.92 Å². The van der Waals surface area contributed by atoms with Gasteiger partial charge in [0.15, 0.2) is 5.76 Å². The van der Waals surface area contributed by atoms with Crippen molar-refractivity contribution in [2.45, 2.75) is 26.7 Å². The SMILES string of the molecule is CCCCN(CCBr)C(=O)c1ccc(C)o1. The average Bonchev–Trinajstić information content (AvgIpc) is 2.70. The molecule has 0 unspecified atom stereocenters. The molecule has 0 atom stereocenters.